The van der Waals surface area contributed by atoms with E-state index in [0.29, 0.717) is 28.7 Å². The fourth-order valence-electron chi connectivity index (χ4n) is 5.42. The zero-order valence-electron chi connectivity index (χ0n) is 23.1. The number of likely N-dealkylation sites (N-methyl/N-ethyl adjacent to an activating group) is 1. The lowest BCUT2D eigenvalue weighted by molar-refractivity contribution is 0.0782. The van der Waals surface area contributed by atoms with Crippen molar-refractivity contribution in [2.75, 3.05) is 39.1 Å². The fraction of sp³-hybridized carbons (Fsp3) is 0.281. The van der Waals surface area contributed by atoms with Crippen molar-refractivity contribution in [1.82, 2.24) is 14.8 Å². The maximum absolute atomic E-state index is 13.1. The van der Waals surface area contributed by atoms with Crippen LogP contribution in [0.5, 0.6) is 0 Å². The number of amides is 2. The number of nitrogens with one attached hydrogen (secondary N) is 1. The molecule has 41 heavy (non-hydrogen) atoms. The molecule has 5 rings (SSSR count). The number of benzene rings is 3. The summed E-state index contributed by atoms with van der Waals surface area (Å²) >= 11 is 12.6. The van der Waals surface area contributed by atoms with Gasteiger partial charge in [-0.2, -0.15) is 0 Å². The number of rotatable bonds is 8. The second-order valence-electron chi connectivity index (χ2n) is 10.3. The molecule has 3 aromatic carbocycles. The first-order chi connectivity index (χ1) is 19.8. The third-order valence-electron chi connectivity index (χ3n) is 7.61. The van der Waals surface area contributed by atoms with Gasteiger partial charge in [0, 0.05) is 61.2 Å². The van der Waals surface area contributed by atoms with Gasteiger partial charge >= 0.3 is 6.09 Å². The molecule has 0 saturated heterocycles. The SMILES string of the molecule is COC(=O)Nc1c2c(nc3ccccc13)CCN(CCC(CN(C)C(=O)c1ccccc1)c1ccc(Cl)c(Cl)c1)C2. The first-order valence-corrected chi connectivity index (χ1v) is 14.3. The minimum atomic E-state index is -0.508. The predicted molar refractivity (Wildman–Crippen MR) is 164 cm³/mol. The van der Waals surface area contributed by atoms with E-state index in [-0.39, 0.29) is 11.8 Å². The van der Waals surface area contributed by atoms with Crippen LogP contribution in [0.3, 0.4) is 0 Å². The lowest BCUT2D eigenvalue weighted by Crippen LogP contribution is -2.35. The normalized spacial score (nSPS) is 13.9. The molecular formula is C32H32Cl2N4O3. The van der Waals surface area contributed by atoms with Gasteiger partial charge in [-0.1, -0.05) is 65.7 Å². The average Bonchev–Trinajstić information content (AvgIpc) is 3.00. The molecule has 1 unspecified atom stereocenters. The molecule has 0 aliphatic carbocycles. The van der Waals surface area contributed by atoms with Gasteiger partial charge in [-0.3, -0.25) is 20.0 Å². The van der Waals surface area contributed by atoms with Crippen molar-refractivity contribution in [3.63, 3.8) is 0 Å². The molecule has 0 fully saturated rings. The van der Waals surface area contributed by atoms with Gasteiger partial charge in [0.1, 0.15) is 0 Å². The summed E-state index contributed by atoms with van der Waals surface area (Å²) in [6.45, 7) is 2.78. The van der Waals surface area contributed by atoms with Crippen molar-refractivity contribution in [3.05, 3.63) is 105 Å². The standard InChI is InChI=1S/C32H32Cl2N4O3/c1-37(31(39)21-8-4-3-5-9-21)19-23(22-12-13-26(33)27(34)18-22)14-16-38-17-15-29-25(20-38)30(36-32(40)41-2)24-10-6-7-11-28(24)35-29/h3-13,18,23H,14-17,19-20H2,1-2H3,(H,35,36,40). The van der Waals surface area contributed by atoms with E-state index in [1.807, 2.05) is 79.8 Å². The molecule has 0 spiro atoms. The molecule has 9 heteroatoms. The maximum atomic E-state index is 13.1. The van der Waals surface area contributed by atoms with Gasteiger partial charge in [-0.05, 0) is 48.9 Å². The highest BCUT2D eigenvalue weighted by molar-refractivity contribution is 6.42. The van der Waals surface area contributed by atoms with Gasteiger partial charge in [0.25, 0.3) is 5.91 Å². The Kier molecular flexibility index (Phi) is 9.08. The van der Waals surface area contributed by atoms with Gasteiger partial charge in [-0.25, -0.2) is 4.79 Å². The summed E-state index contributed by atoms with van der Waals surface area (Å²) in [5.41, 5.74) is 5.27. The summed E-state index contributed by atoms with van der Waals surface area (Å²) in [6.07, 6.45) is 1.05. The topological polar surface area (TPSA) is 74.8 Å². The lowest BCUT2D eigenvalue weighted by atomic mass is 9.93. The Balaban J connectivity index is 1.37. The van der Waals surface area contributed by atoms with Crippen molar-refractivity contribution < 1.29 is 14.3 Å². The number of aromatic nitrogens is 1. The van der Waals surface area contributed by atoms with Crippen molar-refractivity contribution in [1.29, 1.82) is 0 Å². The molecule has 2 heterocycles. The van der Waals surface area contributed by atoms with Crippen LogP contribution < -0.4 is 5.32 Å². The van der Waals surface area contributed by atoms with Crippen LogP contribution in [-0.4, -0.2) is 60.6 Å². The molecule has 2 amide bonds. The monoisotopic (exact) mass is 590 g/mol. The van der Waals surface area contributed by atoms with E-state index < -0.39 is 6.09 Å². The van der Waals surface area contributed by atoms with E-state index in [4.69, 9.17) is 32.9 Å². The van der Waals surface area contributed by atoms with Crippen LogP contribution in [0.1, 0.15) is 39.5 Å². The van der Waals surface area contributed by atoms with E-state index >= 15 is 0 Å². The van der Waals surface area contributed by atoms with E-state index in [9.17, 15) is 9.59 Å². The van der Waals surface area contributed by atoms with Crippen LogP contribution in [0, 0.1) is 0 Å². The van der Waals surface area contributed by atoms with E-state index in [2.05, 4.69) is 10.2 Å². The number of carbonyl (C=O) groups is 2. The van der Waals surface area contributed by atoms with Gasteiger partial charge in [0.05, 0.1) is 28.4 Å². The fourth-order valence-corrected chi connectivity index (χ4v) is 5.72. The molecule has 212 valence electrons. The number of para-hydroxylation sites is 1. The minimum Gasteiger partial charge on any atom is -0.453 e. The first-order valence-electron chi connectivity index (χ1n) is 13.6. The molecule has 4 aromatic rings. The number of anilines is 1. The second-order valence-corrected chi connectivity index (χ2v) is 11.1. The third-order valence-corrected chi connectivity index (χ3v) is 8.35. The number of hydrogen-bond donors (Lipinski definition) is 1. The Morgan fingerprint density at radius 2 is 1.80 bits per heavy atom. The Bertz CT molecular complexity index is 1560. The Hall–Kier alpha value is -3.65. The predicted octanol–water partition coefficient (Wildman–Crippen LogP) is 7.02. The zero-order chi connectivity index (χ0) is 28.9. The van der Waals surface area contributed by atoms with Gasteiger partial charge < -0.3 is 9.64 Å². The van der Waals surface area contributed by atoms with Crippen LogP contribution in [0.2, 0.25) is 10.0 Å². The van der Waals surface area contributed by atoms with Crippen molar-refractivity contribution in [3.8, 4) is 0 Å². The quantitative estimate of drug-likeness (QED) is 0.238. The van der Waals surface area contributed by atoms with Crippen molar-refractivity contribution >= 4 is 51.8 Å². The molecule has 1 aliphatic heterocycles. The van der Waals surface area contributed by atoms with E-state index in [0.717, 1.165) is 59.3 Å². The Labute approximate surface area is 250 Å². The number of carbonyl (C=O) groups excluding carboxylic acids is 2. The number of fused-ring (bicyclic) bond motifs is 2. The Morgan fingerprint density at radius 3 is 2.56 bits per heavy atom. The smallest absolute Gasteiger partial charge is 0.411 e. The molecule has 0 saturated carbocycles. The first kappa shape index (κ1) is 28.9. The van der Waals surface area contributed by atoms with Crippen LogP contribution in [-0.2, 0) is 17.7 Å². The molecule has 1 aromatic heterocycles. The van der Waals surface area contributed by atoms with E-state index in [1.165, 1.54) is 7.11 Å². The molecule has 0 bridgehead atoms. The molecule has 1 aliphatic rings. The minimum absolute atomic E-state index is 0.0287. The second kappa shape index (κ2) is 12.9. The van der Waals surface area contributed by atoms with Crippen LogP contribution in [0.25, 0.3) is 10.9 Å². The number of hydrogen-bond acceptors (Lipinski definition) is 5. The highest BCUT2D eigenvalue weighted by atomic mass is 35.5. The number of methoxy groups -OCH3 is 1. The maximum Gasteiger partial charge on any atom is 0.411 e. The zero-order valence-corrected chi connectivity index (χ0v) is 24.6. The summed E-state index contributed by atoms with van der Waals surface area (Å²) in [4.78, 5) is 34.4. The van der Waals surface area contributed by atoms with Crippen LogP contribution in [0.4, 0.5) is 10.5 Å². The van der Waals surface area contributed by atoms with Crippen LogP contribution >= 0.6 is 23.2 Å². The van der Waals surface area contributed by atoms with Gasteiger partial charge in [-0.15, -0.1) is 0 Å². The van der Waals surface area contributed by atoms with Gasteiger partial charge in [0.2, 0.25) is 0 Å². The number of halogens is 2. The molecular weight excluding hydrogens is 559 g/mol. The van der Waals surface area contributed by atoms with Crippen molar-refractivity contribution in [2.24, 2.45) is 0 Å². The molecule has 0 radical (unpaired) electrons. The number of ether oxygens (including phenoxy) is 1. The molecule has 1 N–H and O–H groups in total. The summed E-state index contributed by atoms with van der Waals surface area (Å²) in [6, 6.07) is 22.8. The average molecular weight is 592 g/mol. The number of nitrogens with zero attached hydrogens (tertiary/aromatic N) is 3. The molecule has 1 atom stereocenters. The lowest BCUT2D eigenvalue weighted by Gasteiger charge is -2.32. The van der Waals surface area contributed by atoms with Crippen molar-refractivity contribution in [2.45, 2.75) is 25.3 Å². The Morgan fingerprint density at radius 1 is 1.05 bits per heavy atom. The van der Waals surface area contributed by atoms with Crippen LogP contribution in [0.15, 0.2) is 72.8 Å². The summed E-state index contributed by atoms with van der Waals surface area (Å²) in [5, 5.41) is 4.82. The van der Waals surface area contributed by atoms with Gasteiger partial charge in [0.15, 0.2) is 0 Å². The summed E-state index contributed by atoms with van der Waals surface area (Å²) < 4.78 is 4.92. The summed E-state index contributed by atoms with van der Waals surface area (Å²) in [5.74, 6) is 0.00487. The highest BCUT2D eigenvalue weighted by Crippen LogP contribution is 2.34. The largest absolute Gasteiger partial charge is 0.453 e. The molecule has 7 nitrogen and oxygen atoms in total. The highest BCUT2D eigenvalue weighted by Gasteiger charge is 2.26. The van der Waals surface area contributed by atoms with E-state index in [1.54, 1.807) is 4.90 Å². The number of pyridine rings is 1. The summed E-state index contributed by atoms with van der Waals surface area (Å²) in [7, 11) is 3.19. The third kappa shape index (κ3) is 6.64.